The number of para-hydroxylation sites is 1. The van der Waals surface area contributed by atoms with E-state index in [-0.39, 0.29) is 5.56 Å². The molecule has 5 aromatic rings. The monoisotopic (exact) mass is 331 g/mol. The van der Waals surface area contributed by atoms with E-state index in [9.17, 15) is 4.79 Å². The molecule has 0 aliphatic heterocycles. The second-order valence-corrected chi connectivity index (χ2v) is 5.83. The van der Waals surface area contributed by atoms with Crippen molar-refractivity contribution in [3.05, 3.63) is 65.0 Å². The lowest BCUT2D eigenvalue weighted by atomic mass is 10.1. The van der Waals surface area contributed by atoms with Crippen LogP contribution in [0.5, 0.6) is 0 Å². The van der Waals surface area contributed by atoms with E-state index in [0.717, 1.165) is 11.9 Å². The number of hydrogen-bond acceptors (Lipinski definition) is 5. The fourth-order valence-electron chi connectivity index (χ4n) is 3.14. The summed E-state index contributed by atoms with van der Waals surface area (Å²) in [5.74, 6) is 0.378. The average molecular weight is 331 g/mol. The molecule has 4 aromatic heterocycles. The van der Waals surface area contributed by atoms with Crippen LogP contribution in [0.4, 0.5) is 0 Å². The fraction of sp³-hybridized carbons (Fsp3) is 0.118. The van der Waals surface area contributed by atoms with Gasteiger partial charge in [-0.05, 0) is 24.1 Å². The van der Waals surface area contributed by atoms with Gasteiger partial charge in [0.25, 0.3) is 11.3 Å². The molecule has 0 bridgehead atoms. The van der Waals surface area contributed by atoms with E-state index in [0.29, 0.717) is 23.4 Å². The van der Waals surface area contributed by atoms with Gasteiger partial charge in [0.15, 0.2) is 5.52 Å². The van der Waals surface area contributed by atoms with Crippen molar-refractivity contribution in [2.45, 2.75) is 13.0 Å². The van der Waals surface area contributed by atoms with Crippen LogP contribution in [0.25, 0.3) is 27.7 Å². The molecule has 0 fully saturated rings. The molecule has 8 nitrogen and oxygen atoms in total. The Hall–Kier alpha value is -3.55. The molecular weight excluding hydrogens is 318 g/mol. The number of aryl methyl sites for hydroxylation is 2. The number of aromatic amines is 1. The summed E-state index contributed by atoms with van der Waals surface area (Å²) < 4.78 is 3.18. The van der Waals surface area contributed by atoms with Crippen molar-refractivity contribution in [1.29, 1.82) is 0 Å². The minimum atomic E-state index is -0.178. The number of nitrogens with one attached hydrogen (secondary N) is 1. The van der Waals surface area contributed by atoms with Crippen LogP contribution in [0.15, 0.2) is 53.8 Å². The van der Waals surface area contributed by atoms with Crippen LogP contribution in [-0.4, -0.2) is 34.3 Å². The molecule has 1 aromatic carbocycles. The Morgan fingerprint density at radius 1 is 1.12 bits per heavy atom. The highest BCUT2D eigenvalue weighted by molar-refractivity contribution is 5.83. The van der Waals surface area contributed by atoms with E-state index < -0.39 is 0 Å². The van der Waals surface area contributed by atoms with Crippen LogP contribution in [0, 0.1) is 0 Å². The van der Waals surface area contributed by atoms with E-state index >= 15 is 0 Å². The van der Waals surface area contributed by atoms with E-state index in [1.807, 2.05) is 30.5 Å². The summed E-state index contributed by atoms with van der Waals surface area (Å²) in [6.07, 6.45) is 5.90. The molecule has 0 unspecified atom stereocenters. The zero-order chi connectivity index (χ0) is 16.8. The van der Waals surface area contributed by atoms with Gasteiger partial charge in [0.1, 0.15) is 11.8 Å². The number of H-pyrrole nitrogens is 1. The van der Waals surface area contributed by atoms with Crippen molar-refractivity contribution < 1.29 is 0 Å². The quantitative estimate of drug-likeness (QED) is 0.541. The van der Waals surface area contributed by atoms with Gasteiger partial charge in [0, 0.05) is 29.8 Å². The first-order chi connectivity index (χ1) is 12.3. The summed E-state index contributed by atoms with van der Waals surface area (Å²) in [5.41, 5.74) is 3.00. The van der Waals surface area contributed by atoms with Gasteiger partial charge in [0.2, 0.25) is 0 Å². The lowest BCUT2D eigenvalue weighted by molar-refractivity contribution is 0.674. The Balaban J connectivity index is 1.53. The van der Waals surface area contributed by atoms with Gasteiger partial charge < -0.3 is 9.55 Å². The van der Waals surface area contributed by atoms with Gasteiger partial charge in [-0.15, -0.1) is 10.2 Å². The number of pyridine rings is 1. The van der Waals surface area contributed by atoms with Crippen molar-refractivity contribution in [3.8, 4) is 0 Å². The lowest BCUT2D eigenvalue weighted by Gasteiger charge is -2.06. The summed E-state index contributed by atoms with van der Waals surface area (Å²) in [6, 6.07) is 9.96. The molecular formula is C17H13N7O. The summed E-state index contributed by atoms with van der Waals surface area (Å²) in [6.45, 7) is 0.563. The highest BCUT2D eigenvalue weighted by atomic mass is 16.1. The Labute approximate surface area is 140 Å². The summed E-state index contributed by atoms with van der Waals surface area (Å²) >= 11 is 0. The molecule has 5 rings (SSSR count). The minimum Gasteiger partial charge on any atom is -0.361 e. The maximum Gasteiger partial charge on any atom is 0.280 e. The Morgan fingerprint density at radius 2 is 2.04 bits per heavy atom. The third kappa shape index (κ3) is 2.11. The number of benzene rings is 1. The number of fused-ring (bicyclic) bond motifs is 4. The smallest absolute Gasteiger partial charge is 0.280 e. The molecule has 0 aliphatic carbocycles. The van der Waals surface area contributed by atoms with Crippen LogP contribution in [0.1, 0.15) is 5.56 Å². The predicted molar refractivity (Wildman–Crippen MR) is 92.3 cm³/mol. The van der Waals surface area contributed by atoms with Crippen LogP contribution < -0.4 is 5.56 Å². The van der Waals surface area contributed by atoms with Crippen molar-refractivity contribution in [3.63, 3.8) is 0 Å². The maximum absolute atomic E-state index is 12.7. The standard InChI is InChI=1S/C17H13N7O/c25-16-15-14(24-17(22-21-15)19-10-20-24)6-8-23(16)7-5-11-9-18-13-4-2-1-3-12(11)13/h1-4,6,8-10,18H,5,7H2. The zero-order valence-electron chi connectivity index (χ0n) is 13.1. The number of aromatic nitrogens is 7. The van der Waals surface area contributed by atoms with Crippen LogP contribution >= 0.6 is 0 Å². The molecule has 0 saturated heterocycles. The van der Waals surface area contributed by atoms with Gasteiger partial charge in [0.05, 0.1) is 0 Å². The first kappa shape index (κ1) is 13.8. The molecule has 0 aliphatic rings. The topological polar surface area (TPSA) is 93.8 Å². The van der Waals surface area contributed by atoms with Crippen LogP contribution in [0.3, 0.4) is 0 Å². The van der Waals surface area contributed by atoms with Crippen molar-refractivity contribution in [2.24, 2.45) is 0 Å². The minimum absolute atomic E-state index is 0.178. The van der Waals surface area contributed by atoms with E-state index in [1.54, 1.807) is 10.8 Å². The van der Waals surface area contributed by atoms with Crippen LogP contribution in [0.2, 0.25) is 0 Å². The summed E-state index contributed by atoms with van der Waals surface area (Å²) in [7, 11) is 0. The largest absolute Gasteiger partial charge is 0.361 e. The number of hydrogen-bond donors (Lipinski definition) is 1. The van der Waals surface area contributed by atoms with Crippen molar-refractivity contribution >= 4 is 27.7 Å². The van der Waals surface area contributed by atoms with Gasteiger partial charge >= 0.3 is 0 Å². The molecule has 0 amide bonds. The predicted octanol–water partition coefficient (Wildman–Crippen LogP) is 1.56. The molecule has 1 N–H and O–H groups in total. The maximum atomic E-state index is 12.7. The van der Waals surface area contributed by atoms with Crippen LogP contribution in [-0.2, 0) is 13.0 Å². The van der Waals surface area contributed by atoms with Crippen molar-refractivity contribution in [2.75, 3.05) is 0 Å². The molecule has 25 heavy (non-hydrogen) atoms. The Bertz CT molecular complexity index is 1280. The van der Waals surface area contributed by atoms with Crippen molar-refractivity contribution in [1.82, 2.24) is 34.3 Å². The Kier molecular flexibility index (Phi) is 2.90. The van der Waals surface area contributed by atoms with Gasteiger partial charge in [-0.2, -0.15) is 14.6 Å². The average Bonchev–Trinajstić information content (AvgIpc) is 3.28. The molecule has 0 radical (unpaired) electrons. The summed E-state index contributed by atoms with van der Waals surface area (Å²) in [4.78, 5) is 20.0. The van der Waals surface area contributed by atoms with E-state index in [2.05, 4.69) is 31.3 Å². The third-order valence-corrected chi connectivity index (χ3v) is 4.41. The molecule has 122 valence electrons. The van der Waals surface area contributed by atoms with Gasteiger partial charge in [-0.3, -0.25) is 4.79 Å². The molecule has 0 spiro atoms. The lowest BCUT2D eigenvalue weighted by Crippen LogP contribution is -2.22. The van der Waals surface area contributed by atoms with E-state index in [1.165, 1.54) is 21.8 Å². The number of rotatable bonds is 3. The Morgan fingerprint density at radius 3 is 3.00 bits per heavy atom. The second kappa shape index (κ2) is 5.23. The molecule has 4 heterocycles. The normalized spacial score (nSPS) is 11.7. The zero-order valence-corrected chi connectivity index (χ0v) is 13.1. The first-order valence-corrected chi connectivity index (χ1v) is 7.92. The highest BCUT2D eigenvalue weighted by Gasteiger charge is 2.10. The van der Waals surface area contributed by atoms with E-state index in [4.69, 9.17) is 0 Å². The molecule has 0 atom stereocenters. The fourth-order valence-corrected chi connectivity index (χ4v) is 3.14. The van der Waals surface area contributed by atoms with Gasteiger partial charge in [-0.25, -0.2) is 0 Å². The first-order valence-electron chi connectivity index (χ1n) is 7.92. The SMILES string of the molecule is O=c1c2nnc3ncnn3c2ccn1CCc1c[nH]c2ccccc12. The second-order valence-electron chi connectivity index (χ2n) is 5.83. The van der Waals surface area contributed by atoms with Gasteiger partial charge in [-0.1, -0.05) is 18.2 Å². The molecule has 8 heteroatoms. The summed E-state index contributed by atoms with van der Waals surface area (Å²) in [5, 5.41) is 13.2. The molecule has 0 saturated carbocycles. The third-order valence-electron chi connectivity index (χ3n) is 4.41. The highest BCUT2D eigenvalue weighted by Crippen LogP contribution is 2.18. The number of nitrogens with zero attached hydrogens (tertiary/aromatic N) is 6.